The van der Waals surface area contributed by atoms with Gasteiger partial charge in [0.15, 0.2) is 0 Å². The van der Waals surface area contributed by atoms with E-state index in [1.54, 1.807) is 6.92 Å². The third kappa shape index (κ3) is 3.10. The van der Waals surface area contributed by atoms with E-state index < -0.39 is 4.92 Å². The number of aryl methyl sites for hydroxylation is 1. The van der Waals surface area contributed by atoms with Gasteiger partial charge in [-0.2, -0.15) is 0 Å². The summed E-state index contributed by atoms with van der Waals surface area (Å²) in [6.45, 7) is 3.80. The van der Waals surface area contributed by atoms with E-state index in [0.29, 0.717) is 5.82 Å². The predicted octanol–water partition coefficient (Wildman–Crippen LogP) is 3.27. The molecule has 1 atom stereocenters. The highest BCUT2D eigenvalue weighted by molar-refractivity contribution is 5.95. The molecule has 0 radical (unpaired) electrons. The monoisotopic (exact) mass is 324 g/mol. The number of amides is 1. The maximum Gasteiger partial charge on any atom is 0.270 e. The van der Waals surface area contributed by atoms with E-state index in [2.05, 4.69) is 15.3 Å². The third-order valence-corrected chi connectivity index (χ3v) is 3.73. The minimum atomic E-state index is -0.526. The average Bonchev–Trinajstić information content (AvgIpc) is 2.98. The number of fused-ring (bicyclic) bond motifs is 1. The standard InChI is InChI=1S/C17H16N4O3/c1-10-6-7-14-15(8-10)20-16(19-14)11(2)18-17(22)12-4-3-5-13(9-12)21(23)24/h3-9,11H,1-2H3,(H,18,22)(H,19,20). The van der Waals surface area contributed by atoms with Crippen molar-refractivity contribution in [2.24, 2.45) is 0 Å². The topological polar surface area (TPSA) is 101 Å². The first kappa shape index (κ1) is 15.7. The summed E-state index contributed by atoms with van der Waals surface area (Å²) in [6, 6.07) is 11.1. The van der Waals surface area contributed by atoms with Crippen LogP contribution in [0.15, 0.2) is 42.5 Å². The molecule has 0 saturated carbocycles. The van der Waals surface area contributed by atoms with Crippen LogP contribution < -0.4 is 5.32 Å². The fourth-order valence-electron chi connectivity index (χ4n) is 2.46. The Morgan fingerprint density at radius 2 is 2.08 bits per heavy atom. The van der Waals surface area contributed by atoms with Crippen LogP contribution in [0.2, 0.25) is 0 Å². The van der Waals surface area contributed by atoms with Crippen molar-refractivity contribution in [2.45, 2.75) is 19.9 Å². The van der Waals surface area contributed by atoms with Crippen molar-refractivity contribution in [1.82, 2.24) is 15.3 Å². The molecule has 7 heteroatoms. The molecule has 3 rings (SSSR count). The smallest absolute Gasteiger partial charge is 0.270 e. The molecule has 2 N–H and O–H groups in total. The van der Waals surface area contributed by atoms with Crippen LogP contribution >= 0.6 is 0 Å². The molecule has 2 aromatic carbocycles. The summed E-state index contributed by atoms with van der Waals surface area (Å²) in [7, 11) is 0. The minimum absolute atomic E-state index is 0.116. The fourth-order valence-corrected chi connectivity index (χ4v) is 2.46. The predicted molar refractivity (Wildman–Crippen MR) is 89.8 cm³/mol. The molecule has 24 heavy (non-hydrogen) atoms. The van der Waals surface area contributed by atoms with Gasteiger partial charge in [-0.05, 0) is 37.6 Å². The fraction of sp³-hybridized carbons (Fsp3) is 0.176. The Morgan fingerprint density at radius 1 is 1.29 bits per heavy atom. The highest BCUT2D eigenvalue weighted by atomic mass is 16.6. The van der Waals surface area contributed by atoms with Gasteiger partial charge in [-0.1, -0.05) is 12.1 Å². The minimum Gasteiger partial charge on any atom is -0.342 e. The van der Waals surface area contributed by atoms with Crippen molar-refractivity contribution >= 4 is 22.6 Å². The number of carbonyl (C=O) groups excluding carboxylic acids is 1. The average molecular weight is 324 g/mol. The number of hydrogen-bond acceptors (Lipinski definition) is 4. The number of nitrogens with one attached hydrogen (secondary N) is 2. The van der Waals surface area contributed by atoms with Crippen LogP contribution in [0.5, 0.6) is 0 Å². The number of benzene rings is 2. The largest absolute Gasteiger partial charge is 0.342 e. The Hall–Kier alpha value is -3.22. The second-order valence-electron chi connectivity index (χ2n) is 5.65. The molecule has 0 aliphatic carbocycles. The SMILES string of the molecule is Cc1ccc2nc(C(C)NC(=O)c3cccc([N+](=O)[O-])c3)[nH]c2c1. The molecule has 0 aliphatic rings. The number of imidazole rings is 1. The molecule has 1 amide bonds. The molecule has 122 valence electrons. The highest BCUT2D eigenvalue weighted by Crippen LogP contribution is 2.18. The number of nitro benzene ring substituents is 1. The molecular weight excluding hydrogens is 308 g/mol. The number of nitrogens with zero attached hydrogens (tertiary/aromatic N) is 2. The third-order valence-electron chi connectivity index (χ3n) is 3.73. The molecule has 1 heterocycles. The van der Waals surface area contributed by atoms with E-state index in [-0.39, 0.29) is 23.2 Å². The molecule has 0 spiro atoms. The highest BCUT2D eigenvalue weighted by Gasteiger charge is 2.16. The number of nitro groups is 1. The lowest BCUT2D eigenvalue weighted by atomic mass is 10.2. The normalized spacial score (nSPS) is 12.1. The summed E-state index contributed by atoms with van der Waals surface area (Å²) in [6.07, 6.45) is 0. The zero-order chi connectivity index (χ0) is 17.3. The second kappa shape index (κ2) is 6.11. The van der Waals surface area contributed by atoms with Gasteiger partial charge in [0.25, 0.3) is 11.6 Å². The van der Waals surface area contributed by atoms with Crippen molar-refractivity contribution in [2.75, 3.05) is 0 Å². The molecular formula is C17H16N4O3. The maximum absolute atomic E-state index is 12.3. The van der Waals surface area contributed by atoms with Gasteiger partial charge in [0, 0.05) is 17.7 Å². The molecule has 1 aromatic heterocycles. The summed E-state index contributed by atoms with van der Waals surface area (Å²) in [5.41, 5.74) is 2.97. The Labute approximate surface area is 137 Å². The lowest BCUT2D eigenvalue weighted by Gasteiger charge is -2.11. The van der Waals surface area contributed by atoms with Gasteiger partial charge < -0.3 is 10.3 Å². The molecule has 0 saturated heterocycles. The number of aromatic nitrogens is 2. The van der Waals surface area contributed by atoms with Crippen LogP contribution in [0.25, 0.3) is 11.0 Å². The lowest BCUT2D eigenvalue weighted by molar-refractivity contribution is -0.384. The number of H-pyrrole nitrogens is 1. The molecule has 1 unspecified atom stereocenters. The zero-order valence-corrected chi connectivity index (χ0v) is 13.2. The second-order valence-corrected chi connectivity index (χ2v) is 5.65. The summed E-state index contributed by atoms with van der Waals surface area (Å²) >= 11 is 0. The van der Waals surface area contributed by atoms with Crippen LogP contribution in [0.3, 0.4) is 0 Å². The van der Waals surface area contributed by atoms with Gasteiger partial charge in [0.2, 0.25) is 0 Å². The molecule has 7 nitrogen and oxygen atoms in total. The van der Waals surface area contributed by atoms with E-state index in [0.717, 1.165) is 16.6 Å². The van der Waals surface area contributed by atoms with Crippen LogP contribution in [0, 0.1) is 17.0 Å². The van der Waals surface area contributed by atoms with Crippen LogP contribution in [-0.4, -0.2) is 20.8 Å². The van der Waals surface area contributed by atoms with Gasteiger partial charge in [0.1, 0.15) is 5.82 Å². The maximum atomic E-state index is 12.3. The van der Waals surface area contributed by atoms with Crippen molar-refractivity contribution in [3.63, 3.8) is 0 Å². The molecule has 0 aliphatic heterocycles. The van der Waals surface area contributed by atoms with Gasteiger partial charge in [-0.3, -0.25) is 14.9 Å². The zero-order valence-electron chi connectivity index (χ0n) is 13.2. The van der Waals surface area contributed by atoms with E-state index in [4.69, 9.17) is 0 Å². The summed E-state index contributed by atoms with van der Waals surface area (Å²) in [5, 5.41) is 13.6. The Kier molecular flexibility index (Phi) is 3.99. The molecule has 3 aromatic rings. The van der Waals surface area contributed by atoms with E-state index >= 15 is 0 Å². The molecule has 0 bridgehead atoms. The van der Waals surface area contributed by atoms with Crippen molar-refractivity contribution in [3.05, 3.63) is 69.5 Å². The Morgan fingerprint density at radius 3 is 2.83 bits per heavy atom. The number of hydrogen-bond donors (Lipinski definition) is 2. The van der Waals surface area contributed by atoms with Gasteiger partial charge >= 0.3 is 0 Å². The van der Waals surface area contributed by atoms with Crippen molar-refractivity contribution in [3.8, 4) is 0 Å². The first-order chi connectivity index (χ1) is 11.4. The summed E-state index contributed by atoms with van der Waals surface area (Å²) in [4.78, 5) is 30.2. The first-order valence-electron chi connectivity index (χ1n) is 7.45. The van der Waals surface area contributed by atoms with Crippen molar-refractivity contribution < 1.29 is 9.72 Å². The summed E-state index contributed by atoms with van der Waals surface area (Å²) < 4.78 is 0. The molecule has 0 fully saturated rings. The van der Waals surface area contributed by atoms with E-state index in [1.165, 1.54) is 24.3 Å². The summed E-state index contributed by atoms with van der Waals surface area (Å²) in [5.74, 6) is 0.247. The quantitative estimate of drug-likeness (QED) is 0.568. The van der Waals surface area contributed by atoms with E-state index in [1.807, 2.05) is 25.1 Å². The van der Waals surface area contributed by atoms with Crippen LogP contribution in [-0.2, 0) is 0 Å². The van der Waals surface area contributed by atoms with Crippen LogP contribution in [0.4, 0.5) is 5.69 Å². The lowest BCUT2D eigenvalue weighted by Crippen LogP contribution is -2.27. The first-order valence-corrected chi connectivity index (χ1v) is 7.45. The Bertz CT molecular complexity index is 932. The number of aromatic amines is 1. The van der Waals surface area contributed by atoms with Gasteiger partial charge in [-0.25, -0.2) is 4.98 Å². The van der Waals surface area contributed by atoms with Gasteiger partial charge in [-0.15, -0.1) is 0 Å². The number of carbonyl (C=O) groups is 1. The van der Waals surface area contributed by atoms with E-state index in [9.17, 15) is 14.9 Å². The van der Waals surface area contributed by atoms with Crippen molar-refractivity contribution in [1.29, 1.82) is 0 Å². The van der Waals surface area contributed by atoms with Gasteiger partial charge in [0.05, 0.1) is 22.0 Å². The number of rotatable bonds is 4. The Balaban J connectivity index is 1.80. The number of non-ortho nitro benzene ring substituents is 1. The van der Waals surface area contributed by atoms with Crippen LogP contribution in [0.1, 0.15) is 34.7 Å².